The van der Waals surface area contributed by atoms with Crippen LogP contribution in [-0.4, -0.2) is 342 Å². The van der Waals surface area contributed by atoms with E-state index in [4.69, 9.17) is 49.4 Å². The number of carbonyl (C=O) groups excluding carboxylic acids is 10. The van der Waals surface area contributed by atoms with Crippen LogP contribution in [0, 0.1) is 11.8 Å². The molecule has 38 nitrogen and oxygen atoms in total. The fourth-order valence-corrected chi connectivity index (χ4v) is 9.44. The van der Waals surface area contributed by atoms with Crippen LogP contribution in [0.3, 0.4) is 0 Å². The van der Waals surface area contributed by atoms with Gasteiger partial charge in [-0.05, 0) is 51.4 Å². The summed E-state index contributed by atoms with van der Waals surface area (Å²) in [5.41, 5.74) is 10.6. The molecule has 15 N–H and O–H groups in total. The van der Waals surface area contributed by atoms with Crippen LogP contribution in [0.5, 0.6) is 0 Å². The maximum Gasteiger partial charge on any atom is 0.317 e. The summed E-state index contributed by atoms with van der Waals surface area (Å²) in [6, 6.07) is -0.927. The first-order chi connectivity index (χ1) is 48.9. The van der Waals surface area contributed by atoms with E-state index in [1.165, 1.54) is 0 Å². The summed E-state index contributed by atoms with van der Waals surface area (Å²) in [6.07, 6.45) is 5.66. The van der Waals surface area contributed by atoms with Crippen molar-refractivity contribution in [1.82, 2.24) is 62.1 Å². The van der Waals surface area contributed by atoms with Crippen LogP contribution in [0.25, 0.3) is 0 Å². The largest absolute Gasteiger partial charge is 0.480 e. The van der Waals surface area contributed by atoms with E-state index in [1.807, 2.05) is 0 Å². The number of carbonyl (C=O) groups is 13. The summed E-state index contributed by atoms with van der Waals surface area (Å²) in [6.45, 7) is 6.85. The number of amides is 10. The Hall–Kier alpha value is -7.37. The molecule has 1 aliphatic rings. The average Bonchev–Trinajstić information content (AvgIpc) is 0.927. The molecule has 586 valence electrons. The summed E-state index contributed by atoms with van der Waals surface area (Å²) in [5.74, 6) is -7.28. The molecule has 38 heteroatoms. The van der Waals surface area contributed by atoms with Crippen LogP contribution in [0.1, 0.15) is 90.9 Å². The summed E-state index contributed by atoms with van der Waals surface area (Å²) in [5, 5.41) is 50.1. The van der Waals surface area contributed by atoms with Crippen LogP contribution in [0.4, 0.5) is 0 Å². The molecule has 1 aliphatic heterocycles. The molecule has 0 saturated carbocycles. The molecule has 102 heavy (non-hydrogen) atoms. The van der Waals surface area contributed by atoms with Gasteiger partial charge in [-0.1, -0.05) is 26.7 Å². The van der Waals surface area contributed by atoms with Crippen molar-refractivity contribution in [2.75, 3.05) is 224 Å². The van der Waals surface area contributed by atoms with Gasteiger partial charge in [-0.2, -0.15) is 0 Å². The van der Waals surface area contributed by atoms with Crippen molar-refractivity contribution >= 4 is 77.0 Å². The van der Waals surface area contributed by atoms with Crippen LogP contribution in [0.2, 0.25) is 0 Å². The minimum absolute atomic E-state index is 0.0370. The van der Waals surface area contributed by atoms with Crippen LogP contribution in [0.15, 0.2) is 0 Å². The lowest BCUT2D eigenvalue weighted by molar-refractivity contribution is -0.140. The average molecular weight is 1470 g/mol. The molecular weight excluding hydrogens is 1350 g/mol. The Morgan fingerprint density at radius 3 is 1.04 bits per heavy atom. The SMILES string of the molecule is C[C@@H](CCCCNC(=O)COCCOCCNC(=O)COCCOCCNC(=O)CCCC(=O)NCCCC[C@H](NC(=O)COCOCCNC(=O)COCCOCCNC(=O)CN1CCN(CC(=O)O)CCN(CC(=O)O)CCN(CC(=O)O)CC1)C(=O)NCCCC[C@H](C)C(N)=O)C(N)=O. The number of carboxylic acids is 3. The quantitative estimate of drug-likeness (QED) is 0.0200. The zero-order valence-corrected chi connectivity index (χ0v) is 59.6. The Balaban J connectivity index is 2.26. The lowest BCUT2D eigenvalue weighted by atomic mass is 10.0. The summed E-state index contributed by atoms with van der Waals surface area (Å²) in [7, 11) is 0. The summed E-state index contributed by atoms with van der Waals surface area (Å²) < 4.78 is 43.0. The van der Waals surface area contributed by atoms with Gasteiger partial charge in [0.1, 0.15) is 39.3 Å². The molecule has 0 spiro atoms. The zero-order chi connectivity index (χ0) is 75.4. The van der Waals surface area contributed by atoms with Crippen molar-refractivity contribution in [1.29, 1.82) is 0 Å². The van der Waals surface area contributed by atoms with Gasteiger partial charge in [0.05, 0.1) is 92.2 Å². The number of hydrogen-bond acceptors (Lipinski definition) is 25. The molecule has 1 rings (SSSR count). The molecule has 0 aromatic rings. The van der Waals surface area contributed by atoms with Gasteiger partial charge in [-0.3, -0.25) is 81.9 Å². The lowest BCUT2D eigenvalue weighted by Crippen LogP contribution is -2.50. The first-order valence-corrected chi connectivity index (χ1v) is 34.9. The normalized spacial score (nSPS) is 14.3. The number of aliphatic carboxylic acids is 3. The van der Waals surface area contributed by atoms with E-state index >= 15 is 0 Å². The highest BCUT2D eigenvalue weighted by molar-refractivity contribution is 5.88. The second kappa shape index (κ2) is 61.1. The van der Waals surface area contributed by atoms with Gasteiger partial charge in [0, 0.05) is 123 Å². The third-order valence-electron chi connectivity index (χ3n) is 15.3. The van der Waals surface area contributed by atoms with Gasteiger partial charge >= 0.3 is 17.9 Å². The molecular formula is C64H116N14O24. The van der Waals surface area contributed by atoms with Gasteiger partial charge in [-0.15, -0.1) is 0 Å². The van der Waals surface area contributed by atoms with Crippen molar-refractivity contribution < 1.29 is 116 Å². The highest BCUT2D eigenvalue weighted by Crippen LogP contribution is 2.09. The van der Waals surface area contributed by atoms with E-state index in [9.17, 15) is 77.6 Å². The predicted octanol–water partition coefficient (Wildman–Crippen LogP) is -5.23. The number of primary amides is 2. The van der Waals surface area contributed by atoms with Crippen molar-refractivity contribution in [2.45, 2.75) is 96.9 Å². The van der Waals surface area contributed by atoms with Gasteiger partial charge in [0.2, 0.25) is 59.1 Å². The molecule has 0 unspecified atom stereocenters. The Labute approximate surface area is 596 Å². The van der Waals surface area contributed by atoms with Crippen molar-refractivity contribution in [3.8, 4) is 0 Å². The first-order valence-electron chi connectivity index (χ1n) is 34.9. The molecule has 0 aromatic carbocycles. The smallest absolute Gasteiger partial charge is 0.317 e. The van der Waals surface area contributed by atoms with Crippen LogP contribution in [-0.2, 0) is 100 Å². The van der Waals surface area contributed by atoms with Crippen LogP contribution >= 0.6 is 0 Å². The zero-order valence-electron chi connectivity index (χ0n) is 59.6. The second-order valence-corrected chi connectivity index (χ2v) is 24.1. The van der Waals surface area contributed by atoms with E-state index in [2.05, 4.69) is 42.5 Å². The standard InChI is InChI=1S/C64H116N14O24/c1-49(62(65)92)10-3-6-16-68-55(82)44-98-37-36-97-32-20-71-56(83)45-99-38-34-95-30-18-69-53(80)14-9-13-52(79)67-15-8-5-12-51(64(94)73-17-7-4-11-50(2)63(66)93)74-58(85)47-102-48-101-33-21-72-57(84)46-100-39-35-96-31-19-70-54(81)40-75-22-24-76(41-59(86)87)26-28-78(43-61(90)91)29-27-77(25-23-75)42-60(88)89/h49-51H,3-48H2,1-2H3,(H2,65,92)(H2,66,93)(H,67,79)(H,68,82)(H,69,80)(H,70,81)(H,71,83)(H,72,84)(H,73,94)(H,74,85)(H,86,87)(H,88,89)(H,90,91)/t49-,50-,51-/m0/s1. The van der Waals surface area contributed by atoms with Crippen molar-refractivity contribution in [2.24, 2.45) is 23.3 Å². The number of nitrogens with two attached hydrogens (primary N) is 2. The molecule has 0 bridgehead atoms. The highest BCUT2D eigenvalue weighted by Gasteiger charge is 2.24. The fraction of sp³-hybridized carbons (Fsp3) is 0.797. The maximum absolute atomic E-state index is 13.2. The number of hydrogen-bond donors (Lipinski definition) is 13. The van der Waals surface area contributed by atoms with Crippen LogP contribution < -0.4 is 54.0 Å². The van der Waals surface area contributed by atoms with E-state index in [-0.39, 0.29) is 251 Å². The molecule has 3 atom stereocenters. The molecule has 0 aromatic heterocycles. The van der Waals surface area contributed by atoms with Gasteiger partial charge in [-0.25, -0.2) is 0 Å². The molecule has 1 fully saturated rings. The van der Waals surface area contributed by atoms with E-state index < -0.39 is 54.2 Å². The third-order valence-corrected chi connectivity index (χ3v) is 15.3. The Morgan fingerprint density at radius 2 is 0.647 bits per heavy atom. The van der Waals surface area contributed by atoms with Gasteiger partial charge in [0.25, 0.3) is 0 Å². The van der Waals surface area contributed by atoms with E-state index in [0.717, 1.165) is 12.8 Å². The lowest BCUT2D eigenvalue weighted by Gasteiger charge is -2.32. The van der Waals surface area contributed by atoms with E-state index in [1.54, 1.807) is 33.4 Å². The predicted molar refractivity (Wildman–Crippen MR) is 365 cm³/mol. The van der Waals surface area contributed by atoms with Crippen molar-refractivity contribution in [3.63, 3.8) is 0 Å². The number of unbranched alkanes of at least 4 members (excludes halogenated alkanes) is 3. The Bertz CT molecular complexity index is 2410. The summed E-state index contributed by atoms with van der Waals surface area (Å²) >= 11 is 0. The first kappa shape index (κ1) is 92.6. The topological polar surface area (TPSA) is 518 Å². The number of carboxylic acid groups (broad SMARTS) is 3. The minimum atomic E-state index is -1.06. The number of nitrogens with one attached hydrogen (secondary N) is 8. The van der Waals surface area contributed by atoms with Crippen molar-refractivity contribution in [3.05, 3.63) is 0 Å². The number of rotatable bonds is 62. The minimum Gasteiger partial charge on any atom is -0.480 e. The molecule has 1 heterocycles. The van der Waals surface area contributed by atoms with E-state index in [0.29, 0.717) is 77.7 Å². The highest BCUT2D eigenvalue weighted by atomic mass is 16.7. The Kier molecular flexibility index (Phi) is 55.5. The molecule has 0 radical (unpaired) electrons. The molecule has 0 aliphatic carbocycles. The molecule has 1 saturated heterocycles. The van der Waals surface area contributed by atoms with Gasteiger partial charge < -0.3 is 107 Å². The monoisotopic (exact) mass is 1460 g/mol. The second-order valence-electron chi connectivity index (χ2n) is 24.1. The van der Waals surface area contributed by atoms with Gasteiger partial charge in [0.15, 0.2) is 0 Å². The number of ether oxygens (including phenoxy) is 8. The third kappa shape index (κ3) is 56.2. The Morgan fingerprint density at radius 1 is 0.333 bits per heavy atom. The molecule has 10 amide bonds. The maximum atomic E-state index is 13.2. The number of nitrogens with zero attached hydrogens (tertiary/aromatic N) is 4. The summed E-state index contributed by atoms with van der Waals surface area (Å²) in [4.78, 5) is 164. The fourth-order valence-electron chi connectivity index (χ4n) is 9.44.